The molecule has 1 aliphatic rings. The van der Waals surface area contributed by atoms with Crippen LogP contribution in [0.2, 0.25) is 0 Å². The Morgan fingerprint density at radius 3 is 2.62 bits per heavy atom. The highest BCUT2D eigenvalue weighted by molar-refractivity contribution is 5.80. The van der Waals surface area contributed by atoms with Crippen LogP contribution in [0.1, 0.15) is 19.8 Å². The number of carbonyl (C=O) groups excluding carboxylic acids is 1. The second-order valence-electron chi connectivity index (χ2n) is 3.61. The zero-order chi connectivity index (χ0) is 10.1. The summed E-state index contributed by atoms with van der Waals surface area (Å²) in [6.07, 6.45) is -0.647. The van der Waals surface area contributed by atoms with Gasteiger partial charge in [0.2, 0.25) is 11.8 Å². The van der Waals surface area contributed by atoms with Crippen LogP contribution < -0.4 is 11.1 Å². The maximum atomic E-state index is 12.4. The van der Waals surface area contributed by atoms with Gasteiger partial charge in [-0.25, -0.2) is 8.78 Å². The summed E-state index contributed by atoms with van der Waals surface area (Å²) < 4.78 is 24.7. The highest BCUT2D eigenvalue weighted by Crippen LogP contribution is 2.42. The summed E-state index contributed by atoms with van der Waals surface area (Å²) in [5.74, 6) is -3.46. The molecule has 0 aliphatic heterocycles. The van der Waals surface area contributed by atoms with E-state index in [9.17, 15) is 13.6 Å². The largest absolute Gasteiger partial charge is 0.352 e. The molecule has 0 saturated heterocycles. The molecule has 3 nitrogen and oxygen atoms in total. The third kappa shape index (κ3) is 2.62. The van der Waals surface area contributed by atoms with Crippen molar-refractivity contribution in [1.82, 2.24) is 5.32 Å². The normalized spacial score (nSPS) is 23.4. The first-order valence-corrected chi connectivity index (χ1v) is 4.33. The van der Waals surface area contributed by atoms with E-state index in [0.717, 1.165) is 0 Å². The maximum absolute atomic E-state index is 12.4. The average Bonchev–Trinajstić information content (AvgIpc) is 1.99. The molecule has 0 radical (unpaired) electrons. The summed E-state index contributed by atoms with van der Waals surface area (Å²) in [5, 5.41) is 2.57. The van der Waals surface area contributed by atoms with Crippen LogP contribution in [0, 0.1) is 5.92 Å². The van der Waals surface area contributed by atoms with Gasteiger partial charge in [-0.15, -0.1) is 0 Å². The number of alkyl halides is 2. The average molecular weight is 192 g/mol. The molecule has 0 aromatic rings. The lowest BCUT2D eigenvalue weighted by Gasteiger charge is -2.34. The third-order valence-corrected chi connectivity index (χ3v) is 2.20. The Balaban J connectivity index is 2.27. The molecular weight excluding hydrogens is 178 g/mol. The molecule has 13 heavy (non-hydrogen) atoms. The van der Waals surface area contributed by atoms with Crippen molar-refractivity contribution in [3.63, 3.8) is 0 Å². The SMILES string of the molecule is C[C@H](CN)NC(=O)C1CC(F)(F)C1. The molecule has 3 N–H and O–H groups in total. The Morgan fingerprint density at radius 2 is 2.23 bits per heavy atom. The molecule has 76 valence electrons. The molecule has 5 heteroatoms. The zero-order valence-electron chi connectivity index (χ0n) is 7.52. The van der Waals surface area contributed by atoms with Gasteiger partial charge in [-0.3, -0.25) is 4.79 Å². The van der Waals surface area contributed by atoms with E-state index < -0.39 is 11.8 Å². The number of rotatable bonds is 3. The second-order valence-corrected chi connectivity index (χ2v) is 3.61. The highest BCUT2D eigenvalue weighted by atomic mass is 19.3. The first-order chi connectivity index (χ1) is 5.94. The van der Waals surface area contributed by atoms with Crippen LogP contribution in [0.3, 0.4) is 0 Å². The maximum Gasteiger partial charge on any atom is 0.249 e. The lowest BCUT2D eigenvalue weighted by Crippen LogP contribution is -2.48. The molecule has 0 spiro atoms. The van der Waals surface area contributed by atoms with Crippen LogP contribution >= 0.6 is 0 Å². The Morgan fingerprint density at radius 1 is 1.69 bits per heavy atom. The first kappa shape index (κ1) is 10.4. The van der Waals surface area contributed by atoms with E-state index in [0.29, 0.717) is 6.54 Å². The Kier molecular flexibility index (Phi) is 2.85. The van der Waals surface area contributed by atoms with Gasteiger partial charge in [-0.1, -0.05) is 0 Å². The highest BCUT2D eigenvalue weighted by Gasteiger charge is 2.48. The van der Waals surface area contributed by atoms with E-state index in [1.54, 1.807) is 6.92 Å². The molecule has 1 amide bonds. The standard InChI is InChI=1S/C8H14F2N2O/c1-5(4-11)12-7(13)6-2-8(9,10)3-6/h5-6H,2-4,11H2,1H3,(H,12,13)/t5-/m1/s1. The van der Waals surface area contributed by atoms with Crippen molar-refractivity contribution in [3.8, 4) is 0 Å². The first-order valence-electron chi connectivity index (χ1n) is 4.33. The van der Waals surface area contributed by atoms with E-state index in [-0.39, 0.29) is 24.8 Å². The van der Waals surface area contributed by atoms with Crippen molar-refractivity contribution in [2.75, 3.05) is 6.54 Å². The smallest absolute Gasteiger partial charge is 0.249 e. The van der Waals surface area contributed by atoms with Gasteiger partial charge in [-0.05, 0) is 6.92 Å². The van der Waals surface area contributed by atoms with E-state index in [4.69, 9.17) is 5.73 Å². The molecule has 0 aromatic heterocycles. The minimum atomic E-state index is -2.63. The van der Waals surface area contributed by atoms with E-state index in [1.165, 1.54) is 0 Å². The number of nitrogens with two attached hydrogens (primary N) is 1. The van der Waals surface area contributed by atoms with Gasteiger partial charge in [0.15, 0.2) is 0 Å². The lowest BCUT2D eigenvalue weighted by atomic mass is 9.80. The van der Waals surface area contributed by atoms with Gasteiger partial charge in [0, 0.05) is 31.3 Å². The molecule has 0 aromatic carbocycles. The van der Waals surface area contributed by atoms with Crippen LogP contribution in [0.15, 0.2) is 0 Å². The van der Waals surface area contributed by atoms with Gasteiger partial charge in [0.1, 0.15) is 0 Å². The molecule has 0 heterocycles. The van der Waals surface area contributed by atoms with Gasteiger partial charge in [0.25, 0.3) is 0 Å². The molecule has 1 atom stereocenters. The minimum absolute atomic E-state index is 0.137. The second kappa shape index (κ2) is 3.57. The van der Waals surface area contributed by atoms with Crippen molar-refractivity contribution in [1.29, 1.82) is 0 Å². The molecule has 1 rings (SSSR count). The van der Waals surface area contributed by atoms with Gasteiger partial charge in [-0.2, -0.15) is 0 Å². The summed E-state index contributed by atoms with van der Waals surface area (Å²) >= 11 is 0. The van der Waals surface area contributed by atoms with E-state index >= 15 is 0 Å². The Bertz CT molecular complexity index is 200. The van der Waals surface area contributed by atoms with Crippen molar-refractivity contribution < 1.29 is 13.6 Å². The van der Waals surface area contributed by atoms with Gasteiger partial charge in [0.05, 0.1) is 0 Å². The summed E-state index contributed by atoms with van der Waals surface area (Å²) in [6, 6.07) is -0.137. The van der Waals surface area contributed by atoms with Crippen LogP contribution in [-0.4, -0.2) is 24.4 Å². The molecule has 1 aliphatic carbocycles. The Hall–Kier alpha value is -0.710. The zero-order valence-corrected chi connectivity index (χ0v) is 7.52. The molecule has 1 fully saturated rings. The van der Waals surface area contributed by atoms with E-state index in [2.05, 4.69) is 5.32 Å². The predicted molar refractivity (Wildman–Crippen MR) is 44.3 cm³/mol. The summed E-state index contributed by atoms with van der Waals surface area (Å²) in [6.45, 7) is 2.07. The van der Waals surface area contributed by atoms with Crippen LogP contribution in [0.25, 0.3) is 0 Å². The van der Waals surface area contributed by atoms with Crippen molar-refractivity contribution in [3.05, 3.63) is 0 Å². The van der Waals surface area contributed by atoms with Crippen LogP contribution in [-0.2, 0) is 4.79 Å². The fourth-order valence-corrected chi connectivity index (χ4v) is 1.27. The quantitative estimate of drug-likeness (QED) is 0.684. The molecular formula is C8H14F2N2O. The fraction of sp³-hybridized carbons (Fsp3) is 0.875. The number of amides is 1. The van der Waals surface area contributed by atoms with E-state index in [1.807, 2.05) is 0 Å². The molecule has 0 bridgehead atoms. The van der Waals surface area contributed by atoms with Gasteiger partial charge >= 0.3 is 0 Å². The lowest BCUT2D eigenvalue weighted by molar-refractivity contribution is -0.150. The summed E-state index contributed by atoms with van der Waals surface area (Å²) in [7, 11) is 0. The Labute approximate surface area is 75.7 Å². The number of halogens is 2. The van der Waals surface area contributed by atoms with Crippen LogP contribution in [0.4, 0.5) is 8.78 Å². The summed E-state index contributed by atoms with van der Waals surface area (Å²) in [5.41, 5.74) is 5.27. The summed E-state index contributed by atoms with van der Waals surface area (Å²) in [4.78, 5) is 11.2. The monoisotopic (exact) mass is 192 g/mol. The minimum Gasteiger partial charge on any atom is -0.352 e. The number of nitrogens with one attached hydrogen (secondary N) is 1. The van der Waals surface area contributed by atoms with Crippen molar-refractivity contribution in [2.24, 2.45) is 11.7 Å². The van der Waals surface area contributed by atoms with Crippen LogP contribution in [0.5, 0.6) is 0 Å². The molecule has 0 unspecified atom stereocenters. The third-order valence-electron chi connectivity index (χ3n) is 2.20. The predicted octanol–water partition coefficient (Wildman–Crippen LogP) is 0.495. The molecule has 1 saturated carbocycles. The number of hydrogen-bond donors (Lipinski definition) is 2. The van der Waals surface area contributed by atoms with Crippen molar-refractivity contribution in [2.45, 2.75) is 31.7 Å². The number of hydrogen-bond acceptors (Lipinski definition) is 2. The fourth-order valence-electron chi connectivity index (χ4n) is 1.27. The van der Waals surface area contributed by atoms with Gasteiger partial charge < -0.3 is 11.1 Å². The number of carbonyl (C=O) groups is 1. The topological polar surface area (TPSA) is 55.1 Å². The van der Waals surface area contributed by atoms with Crippen molar-refractivity contribution >= 4 is 5.91 Å².